The summed E-state index contributed by atoms with van der Waals surface area (Å²) in [4.78, 5) is 24.5. The summed E-state index contributed by atoms with van der Waals surface area (Å²) >= 11 is 5.94. The van der Waals surface area contributed by atoms with Crippen molar-refractivity contribution in [2.75, 3.05) is 5.32 Å². The number of anilines is 1. The van der Waals surface area contributed by atoms with Gasteiger partial charge in [-0.15, -0.1) is 0 Å². The van der Waals surface area contributed by atoms with E-state index in [0.29, 0.717) is 16.9 Å². The highest BCUT2D eigenvalue weighted by molar-refractivity contribution is 6.32. The molecule has 3 rings (SSSR count). The molecule has 0 unspecified atom stereocenters. The third-order valence-corrected chi connectivity index (χ3v) is 4.19. The van der Waals surface area contributed by atoms with E-state index in [1.807, 2.05) is 36.4 Å². The predicted molar refractivity (Wildman–Crippen MR) is 104 cm³/mol. The van der Waals surface area contributed by atoms with Crippen LogP contribution in [0.25, 0.3) is 11.3 Å². The Bertz CT molecular complexity index is 1060. The van der Waals surface area contributed by atoms with Crippen LogP contribution in [0.15, 0.2) is 54.6 Å². The molecule has 0 saturated heterocycles. The first-order chi connectivity index (χ1) is 13.5. The fraction of sp³-hybridized carbons (Fsp3) is 0.100. The quantitative estimate of drug-likeness (QED) is 0.640. The molecule has 0 fully saturated rings. The SMILES string of the molecule is C[C@H](OC(=O)c1cc(-c2ccccc2)n[nH]1)C(=O)Nc1ccc(C#N)c(Cl)c1. The molecule has 1 aromatic heterocycles. The van der Waals surface area contributed by atoms with Gasteiger partial charge in [0.15, 0.2) is 6.10 Å². The van der Waals surface area contributed by atoms with Crippen LogP contribution >= 0.6 is 11.6 Å². The van der Waals surface area contributed by atoms with Crippen molar-refractivity contribution in [3.63, 3.8) is 0 Å². The number of H-pyrrole nitrogens is 1. The summed E-state index contributed by atoms with van der Waals surface area (Å²) in [5, 5.41) is 18.4. The van der Waals surface area contributed by atoms with E-state index in [2.05, 4.69) is 15.5 Å². The molecule has 28 heavy (non-hydrogen) atoms. The summed E-state index contributed by atoms with van der Waals surface area (Å²) in [5.74, 6) is -1.23. The highest BCUT2D eigenvalue weighted by atomic mass is 35.5. The molecule has 8 heteroatoms. The number of aromatic nitrogens is 2. The Labute approximate surface area is 165 Å². The van der Waals surface area contributed by atoms with Crippen LogP contribution in [0.2, 0.25) is 5.02 Å². The van der Waals surface area contributed by atoms with E-state index in [-0.39, 0.29) is 10.7 Å². The van der Waals surface area contributed by atoms with Gasteiger partial charge >= 0.3 is 5.97 Å². The van der Waals surface area contributed by atoms with Crippen LogP contribution < -0.4 is 5.32 Å². The van der Waals surface area contributed by atoms with E-state index in [0.717, 1.165) is 5.56 Å². The maximum Gasteiger partial charge on any atom is 0.357 e. The van der Waals surface area contributed by atoms with E-state index < -0.39 is 18.0 Å². The van der Waals surface area contributed by atoms with Gasteiger partial charge in [0.05, 0.1) is 16.3 Å². The number of hydrogen-bond donors (Lipinski definition) is 2. The minimum absolute atomic E-state index is 0.139. The summed E-state index contributed by atoms with van der Waals surface area (Å²) in [6, 6.07) is 17.3. The predicted octanol–water partition coefficient (Wildman–Crippen LogP) is 3.79. The third-order valence-electron chi connectivity index (χ3n) is 3.88. The molecular formula is C20H15ClN4O3. The maximum atomic E-state index is 12.3. The number of hydrogen-bond acceptors (Lipinski definition) is 5. The molecule has 2 aromatic carbocycles. The highest BCUT2D eigenvalue weighted by Gasteiger charge is 2.21. The minimum Gasteiger partial charge on any atom is -0.448 e. The molecule has 0 radical (unpaired) electrons. The molecule has 0 aliphatic carbocycles. The Morgan fingerprint density at radius 2 is 1.96 bits per heavy atom. The van der Waals surface area contributed by atoms with Crippen molar-refractivity contribution >= 4 is 29.2 Å². The lowest BCUT2D eigenvalue weighted by molar-refractivity contribution is -0.123. The Balaban J connectivity index is 1.62. The number of aromatic amines is 1. The van der Waals surface area contributed by atoms with E-state index >= 15 is 0 Å². The molecule has 0 spiro atoms. The number of carbonyl (C=O) groups excluding carboxylic acids is 2. The Kier molecular flexibility index (Phi) is 5.72. The molecule has 1 heterocycles. The summed E-state index contributed by atoms with van der Waals surface area (Å²) in [7, 11) is 0. The Morgan fingerprint density at radius 1 is 1.21 bits per heavy atom. The van der Waals surface area contributed by atoms with Crippen molar-refractivity contribution in [3.05, 3.63) is 70.9 Å². The molecule has 0 aliphatic heterocycles. The molecule has 2 N–H and O–H groups in total. The third kappa shape index (κ3) is 4.37. The molecular weight excluding hydrogens is 380 g/mol. The Hall–Kier alpha value is -3.63. The first-order valence-corrected chi connectivity index (χ1v) is 8.68. The second-order valence-corrected chi connectivity index (χ2v) is 6.28. The van der Waals surface area contributed by atoms with Gasteiger partial charge in [-0.3, -0.25) is 9.89 Å². The highest BCUT2D eigenvalue weighted by Crippen LogP contribution is 2.21. The summed E-state index contributed by atoms with van der Waals surface area (Å²) < 4.78 is 5.19. The lowest BCUT2D eigenvalue weighted by Gasteiger charge is -2.13. The van der Waals surface area contributed by atoms with Crippen molar-refractivity contribution in [1.29, 1.82) is 5.26 Å². The van der Waals surface area contributed by atoms with Gasteiger partial charge < -0.3 is 10.1 Å². The van der Waals surface area contributed by atoms with Gasteiger partial charge in [-0.25, -0.2) is 4.79 Å². The van der Waals surface area contributed by atoms with Gasteiger partial charge in [0.2, 0.25) is 0 Å². The van der Waals surface area contributed by atoms with Gasteiger partial charge in [0, 0.05) is 11.3 Å². The average Bonchev–Trinajstić information content (AvgIpc) is 3.19. The zero-order chi connectivity index (χ0) is 20.1. The number of esters is 1. The van der Waals surface area contributed by atoms with Gasteiger partial charge in [0.1, 0.15) is 11.8 Å². The van der Waals surface area contributed by atoms with Crippen LogP contribution in [-0.2, 0) is 9.53 Å². The standard InChI is InChI=1S/C20H15ClN4O3/c1-12(19(26)23-15-8-7-14(11-22)16(21)9-15)28-20(27)18-10-17(24-25-18)13-5-3-2-4-6-13/h2-10,12H,1H3,(H,23,26)(H,24,25)/t12-/m0/s1. The number of rotatable bonds is 5. The zero-order valence-corrected chi connectivity index (χ0v) is 15.5. The Morgan fingerprint density at radius 3 is 2.64 bits per heavy atom. The molecule has 0 saturated carbocycles. The van der Waals surface area contributed by atoms with Crippen molar-refractivity contribution in [2.24, 2.45) is 0 Å². The minimum atomic E-state index is -1.05. The normalized spacial score (nSPS) is 11.3. The smallest absolute Gasteiger partial charge is 0.357 e. The number of ether oxygens (including phenoxy) is 1. The van der Waals surface area contributed by atoms with E-state index in [4.69, 9.17) is 21.6 Å². The zero-order valence-electron chi connectivity index (χ0n) is 14.8. The number of halogens is 1. The van der Waals surface area contributed by atoms with E-state index in [1.165, 1.54) is 25.1 Å². The van der Waals surface area contributed by atoms with Crippen LogP contribution in [0.5, 0.6) is 0 Å². The van der Waals surface area contributed by atoms with E-state index in [1.54, 1.807) is 6.07 Å². The largest absolute Gasteiger partial charge is 0.448 e. The van der Waals surface area contributed by atoms with Crippen LogP contribution in [0.3, 0.4) is 0 Å². The molecule has 0 bridgehead atoms. The number of carbonyl (C=O) groups is 2. The number of amides is 1. The lowest BCUT2D eigenvalue weighted by atomic mass is 10.1. The number of benzene rings is 2. The average molecular weight is 395 g/mol. The maximum absolute atomic E-state index is 12.3. The molecule has 3 aromatic rings. The number of nitrogens with one attached hydrogen (secondary N) is 2. The van der Waals surface area contributed by atoms with Crippen LogP contribution in [0.1, 0.15) is 23.0 Å². The van der Waals surface area contributed by atoms with Crippen molar-refractivity contribution in [2.45, 2.75) is 13.0 Å². The first-order valence-electron chi connectivity index (χ1n) is 8.30. The monoisotopic (exact) mass is 394 g/mol. The van der Waals surface area contributed by atoms with Gasteiger partial charge in [-0.1, -0.05) is 41.9 Å². The van der Waals surface area contributed by atoms with E-state index in [9.17, 15) is 9.59 Å². The van der Waals surface area contributed by atoms with Gasteiger partial charge in [-0.05, 0) is 31.2 Å². The number of nitriles is 1. The fourth-order valence-corrected chi connectivity index (χ4v) is 2.61. The molecule has 7 nitrogen and oxygen atoms in total. The second-order valence-electron chi connectivity index (χ2n) is 5.88. The van der Waals surface area contributed by atoms with Crippen molar-refractivity contribution in [3.8, 4) is 17.3 Å². The molecule has 0 aliphatic rings. The number of nitrogens with zero attached hydrogens (tertiary/aromatic N) is 2. The molecule has 1 amide bonds. The first kappa shape index (κ1) is 19.1. The van der Waals surface area contributed by atoms with Gasteiger partial charge in [0.25, 0.3) is 5.91 Å². The second kappa shape index (κ2) is 8.37. The summed E-state index contributed by atoms with van der Waals surface area (Å²) in [5.41, 5.74) is 2.27. The van der Waals surface area contributed by atoms with Crippen LogP contribution in [-0.4, -0.2) is 28.2 Å². The van der Waals surface area contributed by atoms with Crippen LogP contribution in [0.4, 0.5) is 5.69 Å². The van der Waals surface area contributed by atoms with Gasteiger partial charge in [-0.2, -0.15) is 10.4 Å². The molecule has 140 valence electrons. The van der Waals surface area contributed by atoms with Crippen molar-refractivity contribution in [1.82, 2.24) is 10.2 Å². The summed E-state index contributed by atoms with van der Waals surface area (Å²) in [6.07, 6.45) is -1.05. The van der Waals surface area contributed by atoms with Crippen LogP contribution in [0, 0.1) is 11.3 Å². The lowest BCUT2D eigenvalue weighted by Crippen LogP contribution is -2.30. The molecule has 1 atom stereocenters. The summed E-state index contributed by atoms with van der Waals surface area (Å²) in [6.45, 7) is 1.45. The van der Waals surface area contributed by atoms with Crippen molar-refractivity contribution < 1.29 is 14.3 Å². The fourth-order valence-electron chi connectivity index (χ4n) is 2.39. The topological polar surface area (TPSA) is 108 Å².